The molecule has 2 heteroatoms. The van der Waals surface area contributed by atoms with E-state index >= 15 is 0 Å². The van der Waals surface area contributed by atoms with Gasteiger partial charge in [-0.15, -0.1) is 0 Å². The Labute approximate surface area is 111 Å². The van der Waals surface area contributed by atoms with Gasteiger partial charge in [-0.2, -0.15) is 0 Å². The number of benzene rings is 1. The highest BCUT2D eigenvalue weighted by Gasteiger charge is 2.15. The molecular formula is C16H27NO. The number of hydrogen-bond acceptors (Lipinski definition) is 2. The summed E-state index contributed by atoms with van der Waals surface area (Å²) in [7, 11) is 0. The molecule has 0 aromatic heterocycles. The van der Waals surface area contributed by atoms with Crippen LogP contribution < -0.4 is 5.32 Å². The van der Waals surface area contributed by atoms with Crippen LogP contribution in [0.1, 0.15) is 57.6 Å². The fraction of sp³-hybridized carbons (Fsp3) is 0.625. The number of aliphatic hydroxyl groups excluding tert-OH is 1. The van der Waals surface area contributed by atoms with Crippen LogP contribution in [0.15, 0.2) is 24.3 Å². The van der Waals surface area contributed by atoms with Crippen LogP contribution in [0.4, 0.5) is 0 Å². The average Bonchev–Trinajstić information content (AvgIpc) is 2.36. The third-order valence-electron chi connectivity index (χ3n) is 3.67. The van der Waals surface area contributed by atoms with Gasteiger partial charge in [0.1, 0.15) is 0 Å². The van der Waals surface area contributed by atoms with Crippen molar-refractivity contribution in [3.63, 3.8) is 0 Å². The maximum atomic E-state index is 8.98. The molecule has 0 fully saturated rings. The summed E-state index contributed by atoms with van der Waals surface area (Å²) in [6, 6.07) is 8.85. The second-order valence-corrected chi connectivity index (χ2v) is 5.76. The van der Waals surface area contributed by atoms with Crippen molar-refractivity contribution in [2.75, 3.05) is 6.61 Å². The molecule has 0 amide bonds. The molecule has 0 heterocycles. The maximum absolute atomic E-state index is 8.98. The van der Waals surface area contributed by atoms with Crippen molar-refractivity contribution in [2.24, 2.45) is 0 Å². The van der Waals surface area contributed by atoms with Gasteiger partial charge < -0.3 is 10.4 Å². The highest BCUT2D eigenvalue weighted by Crippen LogP contribution is 2.19. The molecule has 0 radical (unpaired) electrons. The summed E-state index contributed by atoms with van der Waals surface area (Å²) in [5, 5.41) is 12.5. The fourth-order valence-corrected chi connectivity index (χ4v) is 1.91. The number of aliphatic hydroxyl groups is 1. The summed E-state index contributed by atoms with van der Waals surface area (Å²) in [4.78, 5) is 0. The lowest BCUT2D eigenvalue weighted by atomic mass is 9.97. The van der Waals surface area contributed by atoms with E-state index in [2.05, 4.69) is 57.3 Å². The van der Waals surface area contributed by atoms with Crippen molar-refractivity contribution in [3.8, 4) is 0 Å². The normalized spacial score (nSPS) is 13.6. The van der Waals surface area contributed by atoms with Crippen LogP contribution >= 0.6 is 0 Å². The summed E-state index contributed by atoms with van der Waals surface area (Å²) >= 11 is 0. The van der Waals surface area contributed by atoms with Crippen LogP contribution in [0.25, 0.3) is 0 Å². The Hall–Kier alpha value is -0.860. The lowest BCUT2D eigenvalue weighted by Gasteiger charge is -2.25. The molecular weight excluding hydrogens is 222 g/mol. The van der Waals surface area contributed by atoms with E-state index in [1.165, 1.54) is 17.5 Å². The van der Waals surface area contributed by atoms with Gasteiger partial charge in [-0.1, -0.05) is 38.1 Å². The van der Waals surface area contributed by atoms with Gasteiger partial charge in [0.05, 0.1) is 0 Å². The Balaban J connectivity index is 2.54. The van der Waals surface area contributed by atoms with E-state index in [4.69, 9.17) is 5.11 Å². The molecule has 0 saturated heterocycles. The summed E-state index contributed by atoms with van der Waals surface area (Å²) < 4.78 is 0. The first-order chi connectivity index (χ1) is 8.48. The van der Waals surface area contributed by atoms with Gasteiger partial charge >= 0.3 is 0 Å². The first kappa shape index (κ1) is 15.2. The van der Waals surface area contributed by atoms with Gasteiger partial charge in [-0.05, 0) is 43.7 Å². The van der Waals surface area contributed by atoms with Crippen LogP contribution in [0.3, 0.4) is 0 Å². The van der Waals surface area contributed by atoms with Crippen LogP contribution in [-0.4, -0.2) is 17.3 Å². The zero-order chi connectivity index (χ0) is 13.6. The SMILES string of the molecule is CCC(C)c1ccc(CNC(C)(C)CCO)cc1. The van der Waals surface area contributed by atoms with E-state index in [0.29, 0.717) is 5.92 Å². The lowest BCUT2D eigenvalue weighted by molar-refractivity contribution is 0.230. The quantitative estimate of drug-likeness (QED) is 0.775. The molecule has 1 rings (SSSR count). The molecule has 2 nitrogen and oxygen atoms in total. The standard InChI is InChI=1S/C16H27NO/c1-5-13(2)15-8-6-14(7-9-15)12-17-16(3,4)10-11-18/h6-9,13,17-18H,5,10-12H2,1-4H3. The summed E-state index contributed by atoms with van der Waals surface area (Å²) in [6.45, 7) is 9.81. The van der Waals surface area contributed by atoms with Gasteiger partial charge in [0.2, 0.25) is 0 Å². The summed E-state index contributed by atoms with van der Waals surface area (Å²) in [5.41, 5.74) is 2.70. The molecule has 102 valence electrons. The fourth-order valence-electron chi connectivity index (χ4n) is 1.91. The van der Waals surface area contributed by atoms with E-state index in [1.54, 1.807) is 0 Å². The Morgan fingerprint density at radius 2 is 1.83 bits per heavy atom. The highest BCUT2D eigenvalue weighted by molar-refractivity contribution is 5.25. The second kappa shape index (κ2) is 6.91. The minimum absolute atomic E-state index is 0.00979. The van der Waals surface area contributed by atoms with E-state index < -0.39 is 0 Å². The van der Waals surface area contributed by atoms with Crippen LogP contribution in [-0.2, 0) is 6.54 Å². The minimum atomic E-state index is -0.00979. The van der Waals surface area contributed by atoms with E-state index in [-0.39, 0.29) is 12.1 Å². The third-order valence-corrected chi connectivity index (χ3v) is 3.67. The van der Waals surface area contributed by atoms with E-state index in [1.807, 2.05) is 0 Å². The molecule has 1 aromatic rings. The Morgan fingerprint density at radius 3 is 2.33 bits per heavy atom. The van der Waals surface area contributed by atoms with Crippen LogP contribution in [0.2, 0.25) is 0 Å². The van der Waals surface area contributed by atoms with Gasteiger partial charge in [0.15, 0.2) is 0 Å². The van der Waals surface area contributed by atoms with E-state index in [9.17, 15) is 0 Å². The predicted molar refractivity (Wildman–Crippen MR) is 77.8 cm³/mol. The molecule has 1 atom stereocenters. The second-order valence-electron chi connectivity index (χ2n) is 5.76. The average molecular weight is 249 g/mol. The van der Waals surface area contributed by atoms with Gasteiger partial charge in [-0.25, -0.2) is 0 Å². The van der Waals surface area contributed by atoms with E-state index in [0.717, 1.165) is 13.0 Å². The highest BCUT2D eigenvalue weighted by atomic mass is 16.3. The van der Waals surface area contributed by atoms with Crippen molar-refractivity contribution in [3.05, 3.63) is 35.4 Å². The zero-order valence-corrected chi connectivity index (χ0v) is 12.2. The van der Waals surface area contributed by atoms with Gasteiger partial charge in [0.25, 0.3) is 0 Å². The first-order valence-electron chi connectivity index (χ1n) is 6.93. The summed E-state index contributed by atoms with van der Waals surface area (Å²) in [6.07, 6.45) is 1.96. The molecule has 1 aromatic carbocycles. The van der Waals surface area contributed by atoms with Crippen molar-refractivity contribution in [1.29, 1.82) is 0 Å². The third kappa shape index (κ3) is 4.79. The van der Waals surface area contributed by atoms with Crippen molar-refractivity contribution < 1.29 is 5.11 Å². The summed E-state index contributed by atoms with van der Waals surface area (Å²) in [5.74, 6) is 0.637. The molecule has 0 aliphatic heterocycles. The lowest BCUT2D eigenvalue weighted by Crippen LogP contribution is -2.39. The molecule has 0 aliphatic carbocycles. The zero-order valence-electron chi connectivity index (χ0n) is 12.2. The smallest absolute Gasteiger partial charge is 0.0448 e. The number of rotatable bonds is 7. The van der Waals surface area contributed by atoms with Crippen LogP contribution in [0, 0.1) is 0 Å². The number of hydrogen-bond donors (Lipinski definition) is 2. The molecule has 1 unspecified atom stereocenters. The largest absolute Gasteiger partial charge is 0.396 e. The Kier molecular flexibility index (Phi) is 5.83. The molecule has 2 N–H and O–H groups in total. The molecule has 0 saturated carbocycles. The number of nitrogens with one attached hydrogen (secondary N) is 1. The molecule has 0 spiro atoms. The Bertz CT molecular complexity index is 343. The molecule has 0 aliphatic rings. The van der Waals surface area contributed by atoms with Gasteiger partial charge in [0, 0.05) is 18.7 Å². The topological polar surface area (TPSA) is 32.3 Å². The van der Waals surface area contributed by atoms with Crippen molar-refractivity contribution in [2.45, 2.75) is 58.5 Å². The molecule has 0 bridgehead atoms. The monoisotopic (exact) mass is 249 g/mol. The Morgan fingerprint density at radius 1 is 1.22 bits per heavy atom. The van der Waals surface area contributed by atoms with Crippen molar-refractivity contribution in [1.82, 2.24) is 5.32 Å². The predicted octanol–water partition coefficient (Wildman–Crippen LogP) is 3.45. The molecule has 18 heavy (non-hydrogen) atoms. The van der Waals surface area contributed by atoms with Crippen molar-refractivity contribution >= 4 is 0 Å². The maximum Gasteiger partial charge on any atom is 0.0448 e. The van der Waals surface area contributed by atoms with Crippen LogP contribution in [0.5, 0.6) is 0 Å². The minimum Gasteiger partial charge on any atom is -0.396 e. The first-order valence-corrected chi connectivity index (χ1v) is 6.93. The van der Waals surface area contributed by atoms with Gasteiger partial charge in [-0.3, -0.25) is 0 Å².